The predicted molar refractivity (Wildman–Crippen MR) is 127 cm³/mol. The Labute approximate surface area is 197 Å². The van der Waals surface area contributed by atoms with Crippen LogP contribution in [-0.4, -0.2) is 62.9 Å². The molecule has 1 aromatic carbocycles. The van der Waals surface area contributed by atoms with E-state index in [-0.39, 0.29) is 34.7 Å². The zero-order valence-electron chi connectivity index (χ0n) is 18.7. The van der Waals surface area contributed by atoms with Crippen molar-refractivity contribution in [2.75, 3.05) is 18.4 Å². The third kappa shape index (κ3) is 4.68. The molecule has 11 nitrogen and oxygen atoms in total. The summed E-state index contributed by atoms with van der Waals surface area (Å²) in [6.07, 6.45) is 4.78. The van der Waals surface area contributed by atoms with Gasteiger partial charge < -0.3 is 9.84 Å². The van der Waals surface area contributed by atoms with Crippen LogP contribution in [0.25, 0.3) is 11.6 Å². The quantitative estimate of drug-likeness (QED) is 0.501. The molecule has 178 valence electrons. The van der Waals surface area contributed by atoms with Gasteiger partial charge in [0.2, 0.25) is 33.5 Å². The minimum atomic E-state index is -3.23. The second kappa shape index (κ2) is 9.55. The van der Waals surface area contributed by atoms with E-state index in [9.17, 15) is 8.42 Å². The van der Waals surface area contributed by atoms with E-state index in [1.165, 1.54) is 0 Å². The number of nitrogens with one attached hydrogen (secondary N) is 1. The van der Waals surface area contributed by atoms with Crippen molar-refractivity contribution in [3.8, 4) is 11.6 Å². The summed E-state index contributed by atoms with van der Waals surface area (Å²) in [5, 5.41) is 6.93. The Morgan fingerprint density at radius 2 is 1.71 bits per heavy atom. The molecule has 0 atom stereocenters. The van der Waals surface area contributed by atoms with Gasteiger partial charge in [0, 0.05) is 24.7 Å². The third-order valence-electron chi connectivity index (χ3n) is 6.32. The van der Waals surface area contributed by atoms with E-state index in [2.05, 4.69) is 42.1 Å². The first-order valence-electron chi connectivity index (χ1n) is 11.4. The van der Waals surface area contributed by atoms with Crippen LogP contribution in [0, 0.1) is 0 Å². The second-order valence-corrected chi connectivity index (χ2v) is 10.7. The number of benzene rings is 1. The lowest BCUT2D eigenvalue weighted by Gasteiger charge is -2.31. The highest BCUT2D eigenvalue weighted by Gasteiger charge is 2.37. The summed E-state index contributed by atoms with van der Waals surface area (Å²) in [4.78, 5) is 21.2. The van der Waals surface area contributed by atoms with Crippen LogP contribution in [0.3, 0.4) is 0 Å². The minimum absolute atomic E-state index is 0.0166. The highest BCUT2D eigenvalue weighted by Crippen LogP contribution is 2.33. The molecule has 0 spiro atoms. The van der Waals surface area contributed by atoms with Gasteiger partial charge in [0.15, 0.2) is 0 Å². The van der Waals surface area contributed by atoms with Gasteiger partial charge in [-0.15, -0.1) is 0 Å². The topological polar surface area (TPSA) is 139 Å². The molecule has 34 heavy (non-hydrogen) atoms. The van der Waals surface area contributed by atoms with Crippen molar-refractivity contribution in [1.29, 1.82) is 0 Å². The van der Waals surface area contributed by atoms with Gasteiger partial charge in [-0.3, -0.25) is 0 Å². The minimum Gasteiger partial charge on any atom is -0.339 e. The molecule has 12 heteroatoms. The zero-order chi connectivity index (χ0) is 23.5. The Morgan fingerprint density at radius 3 is 2.41 bits per heavy atom. The van der Waals surface area contributed by atoms with E-state index in [0.29, 0.717) is 31.8 Å². The van der Waals surface area contributed by atoms with E-state index in [1.54, 1.807) is 4.31 Å². The number of aromatic nitrogens is 5. The molecule has 2 aromatic heterocycles. The SMILES string of the molecule is C=Nc1nc(Nc2ccccc2)nc(-c2noc(C3CCN(S(=O)(=O)C4CCCC4)CC3)n2)n1. The molecule has 3 heterocycles. The van der Waals surface area contributed by atoms with Gasteiger partial charge in [-0.25, -0.2) is 17.7 Å². The van der Waals surface area contributed by atoms with E-state index in [0.717, 1.165) is 31.4 Å². The van der Waals surface area contributed by atoms with E-state index in [4.69, 9.17) is 4.52 Å². The number of aliphatic imine (C=N–C) groups is 1. The molecule has 5 rings (SSSR count). The van der Waals surface area contributed by atoms with Crippen molar-refractivity contribution >= 4 is 34.3 Å². The molecule has 1 N–H and O–H groups in total. The molecule has 0 unspecified atom stereocenters. The Morgan fingerprint density at radius 1 is 0.971 bits per heavy atom. The number of sulfonamides is 1. The van der Waals surface area contributed by atoms with Crippen LogP contribution < -0.4 is 5.32 Å². The number of hydrogen-bond acceptors (Lipinski definition) is 10. The smallest absolute Gasteiger partial charge is 0.254 e. The van der Waals surface area contributed by atoms with Crippen LogP contribution in [0.15, 0.2) is 39.8 Å². The fraction of sp³-hybridized carbons (Fsp3) is 0.455. The number of anilines is 2. The monoisotopic (exact) mass is 482 g/mol. The van der Waals surface area contributed by atoms with Crippen molar-refractivity contribution in [1.82, 2.24) is 29.4 Å². The molecule has 1 saturated carbocycles. The van der Waals surface area contributed by atoms with Gasteiger partial charge in [-0.2, -0.15) is 19.9 Å². The summed E-state index contributed by atoms with van der Waals surface area (Å²) < 4.78 is 32.9. The molecular formula is C22H26N8O3S. The van der Waals surface area contributed by atoms with Crippen LogP contribution in [-0.2, 0) is 10.0 Å². The van der Waals surface area contributed by atoms with Gasteiger partial charge in [0.25, 0.3) is 5.95 Å². The summed E-state index contributed by atoms with van der Waals surface area (Å²) in [6, 6.07) is 9.47. The van der Waals surface area contributed by atoms with Crippen molar-refractivity contribution < 1.29 is 12.9 Å². The summed E-state index contributed by atoms with van der Waals surface area (Å²) >= 11 is 0. The van der Waals surface area contributed by atoms with Crippen LogP contribution in [0.4, 0.5) is 17.6 Å². The number of para-hydroxylation sites is 1. The normalized spacial score (nSPS) is 18.2. The highest BCUT2D eigenvalue weighted by atomic mass is 32.2. The van der Waals surface area contributed by atoms with E-state index in [1.807, 2.05) is 30.3 Å². The maximum Gasteiger partial charge on any atom is 0.254 e. The van der Waals surface area contributed by atoms with Crippen LogP contribution >= 0.6 is 0 Å². The van der Waals surface area contributed by atoms with Crippen LogP contribution in [0.1, 0.15) is 50.3 Å². The van der Waals surface area contributed by atoms with Crippen LogP contribution in [0.2, 0.25) is 0 Å². The van der Waals surface area contributed by atoms with Crippen LogP contribution in [0.5, 0.6) is 0 Å². The van der Waals surface area contributed by atoms with Crippen molar-refractivity contribution in [3.63, 3.8) is 0 Å². The van der Waals surface area contributed by atoms with Gasteiger partial charge >= 0.3 is 0 Å². The van der Waals surface area contributed by atoms with Crippen molar-refractivity contribution in [3.05, 3.63) is 36.2 Å². The fourth-order valence-electron chi connectivity index (χ4n) is 4.49. The predicted octanol–water partition coefficient (Wildman–Crippen LogP) is 3.45. The Bertz CT molecular complexity index is 1250. The van der Waals surface area contributed by atoms with E-state index < -0.39 is 10.0 Å². The third-order valence-corrected chi connectivity index (χ3v) is 8.72. The summed E-state index contributed by atoms with van der Waals surface area (Å²) in [7, 11) is -3.23. The zero-order valence-corrected chi connectivity index (χ0v) is 19.5. The molecule has 0 bridgehead atoms. The molecule has 0 radical (unpaired) electrons. The first-order valence-corrected chi connectivity index (χ1v) is 12.9. The first kappa shape index (κ1) is 22.5. The first-order chi connectivity index (χ1) is 16.5. The van der Waals surface area contributed by atoms with E-state index >= 15 is 0 Å². The molecule has 2 fully saturated rings. The molecule has 1 aliphatic heterocycles. The molecule has 3 aromatic rings. The van der Waals surface area contributed by atoms with Gasteiger partial charge in [-0.05, 0) is 44.5 Å². The van der Waals surface area contributed by atoms with Crippen molar-refractivity contribution in [2.45, 2.75) is 49.7 Å². The summed E-state index contributed by atoms with van der Waals surface area (Å²) in [5.41, 5.74) is 0.808. The largest absolute Gasteiger partial charge is 0.339 e. The van der Waals surface area contributed by atoms with Crippen molar-refractivity contribution in [2.24, 2.45) is 4.99 Å². The molecule has 2 aliphatic rings. The second-order valence-electron chi connectivity index (χ2n) is 8.51. The summed E-state index contributed by atoms with van der Waals surface area (Å²) in [5.74, 6) is 1.30. The number of hydrogen-bond donors (Lipinski definition) is 1. The lowest BCUT2D eigenvalue weighted by Crippen LogP contribution is -2.42. The Kier molecular flexibility index (Phi) is 6.33. The maximum absolute atomic E-state index is 12.9. The van der Waals surface area contributed by atoms with Gasteiger partial charge in [-0.1, -0.05) is 36.2 Å². The average molecular weight is 483 g/mol. The maximum atomic E-state index is 12.9. The number of piperidine rings is 1. The lowest BCUT2D eigenvalue weighted by atomic mass is 9.98. The lowest BCUT2D eigenvalue weighted by molar-refractivity contribution is 0.269. The Balaban J connectivity index is 1.29. The molecule has 1 saturated heterocycles. The highest BCUT2D eigenvalue weighted by molar-refractivity contribution is 7.89. The van der Waals surface area contributed by atoms with Gasteiger partial charge in [0.1, 0.15) is 0 Å². The molecular weight excluding hydrogens is 456 g/mol. The molecule has 1 aliphatic carbocycles. The summed E-state index contributed by atoms with van der Waals surface area (Å²) in [6.45, 7) is 4.42. The average Bonchev–Trinajstić information content (AvgIpc) is 3.58. The van der Waals surface area contributed by atoms with Gasteiger partial charge in [0.05, 0.1) is 5.25 Å². The molecule has 0 amide bonds. The number of nitrogens with zero attached hydrogens (tertiary/aromatic N) is 7. The fourth-order valence-corrected chi connectivity index (χ4v) is 6.56. The standard InChI is InChI=1S/C22H26N8O3S/c1-23-21-26-18(27-22(28-21)24-16-7-3-2-4-8-16)19-25-20(33-29-19)15-11-13-30(14-12-15)34(31,32)17-9-5-6-10-17/h2-4,7-8,15,17H,1,5-6,9-14H2,(H,24,26,27,28). The Hall–Kier alpha value is -3.25. The number of rotatable bonds is 7.